The van der Waals surface area contributed by atoms with Crippen molar-refractivity contribution in [2.24, 2.45) is 0 Å². The lowest BCUT2D eigenvalue weighted by Crippen LogP contribution is -2.36. The van der Waals surface area contributed by atoms with Crippen molar-refractivity contribution in [1.82, 2.24) is 9.62 Å². The van der Waals surface area contributed by atoms with Crippen molar-refractivity contribution >= 4 is 27.5 Å². The molecule has 1 N–H and O–H groups in total. The highest BCUT2D eigenvalue weighted by molar-refractivity contribution is 7.89. The molecule has 1 aromatic heterocycles. The number of amides is 1. The number of rotatable bonds is 6. The standard InChI is InChI=1S/C23H23ClN2O4S/c24-19-12-11-18(16-21(19)31(28,29)26-13-5-2-6-14-26)23(27)25-22(20-10-7-15-30-20)17-8-3-1-4-9-17/h1,3-4,7-12,15-16,22H,2,5-6,13-14H2,(H,25,27). The van der Waals surface area contributed by atoms with Gasteiger partial charge in [0.1, 0.15) is 16.7 Å². The van der Waals surface area contributed by atoms with Gasteiger partial charge >= 0.3 is 0 Å². The van der Waals surface area contributed by atoms with Crippen molar-refractivity contribution in [2.45, 2.75) is 30.2 Å². The molecule has 1 aliphatic rings. The molecule has 2 heterocycles. The van der Waals surface area contributed by atoms with Crippen molar-refractivity contribution in [3.8, 4) is 0 Å². The van der Waals surface area contributed by atoms with Crippen molar-refractivity contribution in [3.63, 3.8) is 0 Å². The predicted molar refractivity (Wildman–Crippen MR) is 119 cm³/mol. The second kappa shape index (κ2) is 9.26. The molecule has 8 heteroatoms. The summed E-state index contributed by atoms with van der Waals surface area (Å²) in [6.07, 6.45) is 4.19. The number of piperidine rings is 1. The van der Waals surface area contributed by atoms with Crippen molar-refractivity contribution < 1.29 is 17.6 Å². The van der Waals surface area contributed by atoms with Crippen LogP contribution in [0.25, 0.3) is 0 Å². The average molecular weight is 459 g/mol. The molecule has 1 fully saturated rings. The molecule has 6 nitrogen and oxygen atoms in total. The largest absolute Gasteiger partial charge is 0.467 e. The first kappa shape index (κ1) is 21.6. The molecule has 0 spiro atoms. The van der Waals surface area contributed by atoms with Crippen LogP contribution in [-0.2, 0) is 10.0 Å². The van der Waals surface area contributed by atoms with Gasteiger partial charge in [0, 0.05) is 18.7 Å². The fourth-order valence-electron chi connectivity index (χ4n) is 3.72. The molecule has 3 aromatic rings. The molecule has 0 aliphatic carbocycles. The smallest absolute Gasteiger partial charge is 0.252 e. The Kier molecular flexibility index (Phi) is 6.46. The Morgan fingerprint density at radius 1 is 1.00 bits per heavy atom. The van der Waals surface area contributed by atoms with E-state index in [1.807, 2.05) is 30.3 Å². The van der Waals surface area contributed by atoms with Crippen LogP contribution in [0.1, 0.15) is 47.0 Å². The van der Waals surface area contributed by atoms with Crippen LogP contribution in [0.3, 0.4) is 0 Å². The molecule has 1 amide bonds. The lowest BCUT2D eigenvalue weighted by molar-refractivity contribution is 0.0938. The number of hydrogen-bond acceptors (Lipinski definition) is 4. The summed E-state index contributed by atoms with van der Waals surface area (Å²) in [5, 5.41) is 3.05. The fraction of sp³-hybridized carbons (Fsp3) is 0.261. The zero-order valence-electron chi connectivity index (χ0n) is 16.8. The van der Waals surface area contributed by atoms with Gasteiger partial charge in [-0.1, -0.05) is 48.4 Å². The summed E-state index contributed by atoms with van der Waals surface area (Å²) in [5.74, 6) is 0.159. The fourth-order valence-corrected chi connectivity index (χ4v) is 5.74. The average Bonchev–Trinajstić information content (AvgIpc) is 3.33. The van der Waals surface area contributed by atoms with Gasteiger partial charge in [-0.2, -0.15) is 4.31 Å². The normalized spacial score (nSPS) is 16.0. The number of furan rings is 1. The monoisotopic (exact) mass is 458 g/mol. The third-order valence-electron chi connectivity index (χ3n) is 5.36. The van der Waals surface area contributed by atoms with Crippen LogP contribution >= 0.6 is 11.6 Å². The van der Waals surface area contributed by atoms with Gasteiger partial charge in [-0.3, -0.25) is 4.79 Å². The minimum Gasteiger partial charge on any atom is -0.467 e. The highest BCUT2D eigenvalue weighted by atomic mass is 35.5. The molecule has 1 aliphatic heterocycles. The summed E-state index contributed by atoms with van der Waals surface area (Å²) in [6.45, 7) is 0.924. The summed E-state index contributed by atoms with van der Waals surface area (Å²) in [5.41, 5.74) is 1.06. The Labute approximate surface area is 186 Å². The Morgan fingerprint density at radius 3 is 2.42 bits per heavy atom. The lowest BCUT2D eigenvalue weighted by atomic mass is 10.0. The molecule has 0 saturated carbocycles. The van der Waals surface area contributed by atoms with Gasteiger partial charge in [0.2, 0.25) is 10.0 Å². The number of halogens is 1. The van der Waals surface area contributed by atoms with Gasteiger partial charge in [0.25, 0.3) is 5.91 Å². The number of benzene rings is 2. The Balaban J connectivity index is 1.63. The van der Waals surface area contributed by atoms with Gasteiger partial charge in [-0.25, -0.2) is 8.42 Å². The van der Waals surface area contributed by atoms with Crippen LogP contribution in [0.5, 0.6) is 0 Å². The van der Waals surface area contributed by atoms with Crippen molar-refractivity contribution in [1.29, 1.82) is 0 Å². The minimum absolute atomic E-state index is 0.0435. The molecule has 31 heavy (non-hydrogen) atoms. The first-order valence-corrected chi connectivity index (χ1v) is 12.0. The van der Waals surface area contributed by atoms with E-state index in [1.54, 1.807) is 18.4 Å². The quantitative estimate of drug-likeness (QED) is 0.584. The maximum Gasteiger partial charge on any atom is 0.252 e. The number of carbonyl (C=O) groups excluding carboxylic acids is 1. The molecule has 0 bridgehead atoms. The molecule has 4 rings (SSSR count). The van der Waals surface area contributed by atoms with E-state index in [0.717, 1.165) is 24.8 Å². The number of nitrogens with one attached hydrogen (secondary N) is 1. The molecular formula is C23H23ClN2O4S. The van der Waals surface area contributed by atoms with Gasteiger partial charge in [0.15, 0.2) is 0 Å². The van der Waals surface area contributed by atoms with E-state index in [1.165, 1.54) is 22.5 Å². The second-order valence-corrected chi connectivity index (χ2v) is 9.76. The van der Waals surface area contributed by atoms with Gasteiger partial charge in [0.05, 0.1) is 11.3 Å². The van der Waals surface area contributed by atoms with E-state index in [0.29, 0.717) is 18.8 Å². The zero-order valence-corrected chi connectivity index (χ0v) is 18.4. The van der Waals surface area contributed by atoms with Gasteiger partial charge < -0.3 is 9.73 Å². The van der Waals surface area contributed by atoms with Crippen molar-refractivity contribution in [2.75, 3.05) is 13.1 Å². The molecule has 2 aromatic carbocycles. The Bertz CT molecular complexity index is 1140. The van der Waals surface area contributed by atoms with Crippen LogP contribution in [-0.4, -0.2) is 31.7 Å². The third kappa shape index (κ3) is 4.69. The van der Waals surface area contributed by atoms with E-state index in [-0.39, 0.29) is 15.5 Å². The number of carbonyl (C=O) groups is 1. The summed E-state index contributed by atoms with van der Waals surface area (Å²) in [6, 6.07) is 16.8. The van der Waals surface area contributed by atoms with Crippen LogP contribution in [0.4, 0.5) is 0 Å². The molecule has 1 saturated heterocycles. The SMILES string of the molecule is O=C(NC(c1ccccc1)c1ccco1)c1ccc(Cl)c(S(=O)(=O)N2CCCCC2)c1. The van der Waals surface area contributed by atoms with E-state index >= 15 is 0 Å². The van der Waals surface area contributed by atoms with Gasteiger partial charge in [-0.05, 0) is 48.7 Å². The molecule has 1 unspecified atom stereocenters. The highest BCUT2D eigenvalue weighted by Gasteiger charge is 2.29. The zero-order chi connectivity index (χ0) is 21.8. The third-order valence-corrected chi connectivity index (χ3v) is 7.74. The van der Waals surface area contributed by atoms with Crippen molar-refractivity contribution in [3.05, 3.63) is 88.8 Å². The molecular weight excluding hydrogens is 436 g/mol. The Morgan fingerprint density at radius 2 is 1.74 bits per heavy atom. The summed E-state index contributed by atoms with van der Waals surface area (Å²) in [4.78, 5) is 13.0. The van der Waals surface area contributed by atoms with Crippen LogP contribution < -0.4 is 5.32 Å². The van der Waals surface area contributed by atoms with E-state index < -0.39 is 22.0 Å². The second-order valence-electron chi connectivity index (χ2n) is 7.44. The lowest BCUT2D eigenvalue weighted by Gasteiger charge is -2.26. The van der Waals surface area contributed by atoms with E-state index in [2.05, 4.69) is 5.32 Å². The molecule has 0 radical (unpaired) electrons. The number of nitrogens with zero attached hydrogens (tertiary/aromatic N) is 1. The maximum atomic E-state index is 13.1. The van der Waals surface area contributed by atoms with E-state index in [9.17, 15) is 13.2 Å². The van der Waals surface area contributed by atoms with Crippen LogP contribution in [0, 0.1) is 0 Å². The molecule has 162 valence electrons. The molecule has 1 atom stereocenters. The number of hydrogen-bond donors (Lipinski definition) is 1. The van der Waals surface area contributed by atoms with E-state index in [4.69, 9.17) is 16.0 Å². The first-order chi connectivity index (χ1) is 15.0. The Hall–Kier alpha value is -2.61. The number of sulfonamides is 1. The topological polar surface area (TPSA) is 79.6 Å². The van der Waals surface area contributed by atoms with Crippen LogP contribution in [0.2, 0.25) is 5.02 Å². The summed E-state index contributed by atoms with van der Waals surface area (Å²) < 4.78 is 33.2. The predicted octanol–water partition coefficient (Wildman–Crippen LogP) is 4.63. The highest BCUT2D eigenvalue weighted by Crippen LogP contribution is 2.29. The van der Waals surface area contributed by atoms with Crippen LogP contribution in [0.15, 0.2) is 76.2 Å². The van der Waals surface area contributed by atoms with Gasteiger partial charge in [-0.15, -0.1) is 0 Å². The first-order valence-electron chi connectivity index (χ1n) is 10.2. The summed E-state index contributed by atoms with van der Waals surface area (Å²) >= 11 is 6.23. The summed E-state index contributed by atoms with van der Waals surface area (Å²) in [7, 11) is -3.77. The maximum absolute atomic E-state index is 13.1. The minimum atomic E-state index is -3.77.